The summed E-state index contributed by atoms with van der Waals surface area (Å²) in [6, 6.07) is 19.6. The van der Waals surface area contributed by atoms with Crippen LogP contribution in [-0.2, 0) is 7.05 Å². The molecule has 2 aliphatic heterocycles. The Hall–Kier alpha value is -4.70. The first-order valence-corrected chi connectivity index (χ1v) is 14.1. The van der Waals surface area contributed by atoms with Gasteiger partial charge in [0.25, 0.3) is 5.56 Å². The van der Waals surface area contributed by atoms with Crippen molar-refractivity contribution < 1.29 is 9.18 Å². The third-order valence-corrected chi connectivity index (χ3v) is 8.09. The Labute approximate surface area is 244 Å². The molecule has 0 saturated carbocycles. The Morgan fingerprint density at radius 1 is 0.786 bits per heavy atom. The molecular weight excluding hydrogens is 533 g/mol. The molecule has 0 radical (unpaired) electrons. The van der Waals surface area contributed by atoms with Gasteiger partial charge in [0.2, 0.25) is 0 Å². The molecule has 1 aromatic heterocycles. The molecule has 0 unspecified atom stereocenters. The van der Waals surface area contributed by atoms with Crippen LogP contribution < -0.4 is 25.6 Å². The number of nitrogens with one attached hydrogen (secondary N) is 1. The predicted octanol–water partition coefficient (Wildman–Crippen LogP) is 4.84. The summed E-state index contributed by atoms with van der Waals surface area (Å²) in [5.74, 6) is -0.112. The number of aryl methyl sites for hydroxylation is 1. The molecule has 6 rings (SSSR count). The summed E-state index contributed by atoms with van der Waals surface area (Å²) in [6.45, 7) is 6.98. The molecule has 216 valence electrons. The van der Waals surface area contributed by atoms with Crippen molar-refractivity contribution in [3.8, 4) is 11.3 Å². The van der Waals surface area contributed by atoms with Gasteiger partial charge in [-0.15, -0.1) is 0 Å². The molecule has 9 nitrogen and oxygen atoms in total. The van der Waals surface area contributed by atoms with Crippen LogP contribution in [0.4, 0.5) is 37.8 Å². The van der Waals surface area contributed by atoms with Gasteiger partial charge in [-0.2, -0.15) is 0 Å². The largest absolute Gasteiger partial charge is 0.369 e. The van der Waals surface area contributed by atoms with Crippen molar-refractivity contribution in [2.45, 2.75) is 6.92 Å². The van der Waals surface area contributed by atoms with Crippen molar-refractivity contribution in [1.29, 1.82) is 0 Å². The van der Waals surface area contributed by atoms with E-state index in [1.807, 2.05) is 37.3 Å². The molecule has 3 heterocycles. The number of piperazine rings is 1. The standard InChI is InChI=1S/C32H34FN7O2/c1-22-27(5-4-6-29(22)40-20-19-39(32(40)42)26-11-7-23(33)8-12-26)28-21-37(3)31(41)30(35-28)34-24-9-13-25(14-10-24)38-17-15-36(2)16-18-38/h4-14,21H,15-20H2,1-3H3,(H,34,35). The lowest BCUT2D eigenvalue weighted by molar-refractivity contribution is 0.256. The number of hydrogen-bond donors (Lipinski definition) is 1. The Kier molecular flexibility index (Phi) is 7.38. The summed E-state index contributed by atoms with van der Waals surface area (Å²) in [7, 11) is 3.85. The second kappa shape index (κ2) is 11.3. The van der Waals surface area contributed by atoms with Gasteiger partial charge in [-0.25, -0.2) is 14.2 Å². The number of amides is 2. The zero-order valence-electron chi connectivity index (χ0n) is 24.0. The molecule has 0 spiro atoms. The molecule has 4 aromatic rings. The summed E-state index contributed by atoms with van der Waals surface area (Å²) in [5.41, 5.74) is 5.45. The molecule has 2 amide bonds. The van der Waals surface area contributed by atoms with Crippen molar-refractivity contribution >= 4 is 34.6 Å². The number of halogens is 1. The average Bonchev–Trinajstić information content (AvgIpc) is 3.37. The van der Waals surface area contributed by atoms with Crippen molar-refractivity contribution in [1.82, 2.24) is 14.5 Å². The first kappa shape index (κ1) is 27.5. The molecular formula is C32H34FN7O2. The smallest absolute Gasteiger partial charge is 0.329 e. The Balaban J connectivity index is 1.25. The highest BCUT2D eigenvalue weighted by molar-refractivity contribution is 6.06. The number of aromatic nitrogens is 2. The lowest BCUT2D eigenvalue weighted by atomic mass is 10.0. The molecule has 2 saturated heterocycles. The summed E-state index contributed by atoms with van der Waals surface area (Å²) in [6.07, 6.45) is 1.72. The quantitative estimate of drug-likeness (QED) is 0.360. The number of rotatable bonds is 6. The second-order valence-electron chi connectivity index (χ2n) is 10.9. The second-order valence-corrected chi connectivity index (χ2v) is 10.9. The summed E-state index contributed by atoms with van der Waals surface area (Å²) >= 11 is 0. The van der Waals surface area contributed by atoms with Crippen molar-refractivity contribution in [3.05, 3.63) is 94.7 Å². The number of hydrogen-bond acceptors (Lipinski definition) is 6. The normalized spacial score (nSPS) is 15.9. The first-order valence-electron chi connectivity index (χ1n) is 14.1. The Morgan fingerprint density at radius 2 is 1.45 bits per heavy atom. The van der Waals surface area contributed by atoms with Crippen LogP contribution in [0.3, 0.4) is 0 Å². The molecule has 2 fully saturated rings. The molecule has 0 bridgehead atoms. The van der Waals surface area contributed by atoms with E-state index in [1.165, 1.54) is 16.7 Å². The number of urea groups is 1. The van der Waals surface area contributed by atoms with E-state index < -0.39 is 0 Å². The third-order valence-electron chi connectivity index (χ3n) is 8.09. The Bertz CT molecular complexity index is 1660. The zero-order chi connectivity index (χ0) is 29.4. The highest BCUT2D eigenvalue weighted by Gasteiger charge is 2.32. The molecule has 3 aromatic carbocycles. The summed E-state index contributed by atoms with van der Waals surface area (Å²) in [5, 5.41) is 3.22. The highest BCUT2D eigenvalue weighted by Crippen LogP contribution is 2.33. The molecule has 0 atom stereocenters. The zero-order valence-corrected chi connectivity index (χ0v) is 24.0. The predicted molar refractivity (Wildman–Crippen MR) is 166 cm³/mol. The van der Waals surface area contributed by atoms with Gasteiger partial charge < -0.3 is 19.7 Å². The molecule has 2 aliphatic rings. The van der Waals surface area contributed by atoms with E-state index in [2.05, 4.69) is 34.3 Å². The van der Waals surface area contributed by atoms with Crippen molar-refractivity contribution in [3.63, 3.8) is 0 Å². The van der Waals surface area contributed by atoms with Crippen LogP contribution >= 0.6 is 0 Å². The fourth-order valence-electron chi connectivity index (χ4n) is 5.59. The van der Waals surface area contributed by atoms with Crippen LogP contribution in [0, 0.1) is 12.7 Å². The minimum absolute atomic E-state index is 0.169. The fourth-order valence-corrected chi connectivity index (χ4v) is 5.59. The number of benzene rings is 3. The SMILES string of the molecule is Cc1c(-c2cn(C)c(=O)c(Nc3ccc(N4CCN(C)CC4)cc3)n2)cccc1N1CCN(c2ccc(F)cc2)C1=O. The van der Waals surface area contributed by atoms with Gasteiger partial charge in [0.1, 0.15) is 5.82 Å². The van der Waals surface area contributed by atoms with Crippen LogP contribution in [0.1, 0.15) is 5.56 Å². The van der Waals surface area contributed by atoms with Gasteiger partial charge in [-0.05, 0) is 74.1 Å². The van der Waals surface area contributed by atoms with Gasteiger partial charge in [-0.3, -0.25) is 14.6 Å². The van der Waals surface area contributed by atoms with Crippen molar-refractivity contribution in [2.75, 3.05) is 66.3 Å². The minimum atomic E-state index is -0.341. The van der Waals surface area contributed by atoms with Gasteiger partial charge in [0.15, 0.2) is 5.82 Å². The maximum absolute atomic E-state index is 13.4. The summed E-state index contributed by atoms with van der Waals surface area (Å²) < 4.78 is 14.9. The van der Waals surface area contributed by atoms with Crippen LogP contribution in [-0.4, -0.2) is 66.8 Å². The average molecular weight is 568 g/mol. The lowest BCUT2D eigenvalue weighted by Gasteiger charge is -2.34. The maximum Gasteiger partial charge on any atom is 0.329 e. The monoisotopic (exact) mass is 567 g/mol. The van der Waals surface area contributed by atoms with Gasteiger partial charge >= 0.3 is 6.03 Å². The number of carbonyl (C=O) groups excluding carboxylic acids is 1. The number of nitrogens with zero attached hydrogens (tertiary/aromatic N) is 6. The lowest BCUT2D eigenvalue weighted by Crippen LogP contribution is -2.44. The topological polar surface area (TPSA) is 77.0 Å². The molecule has 0 aliphatic carbocycles. The summed E-state index contributed by atoms with van der Waals surface area (Å²) in [4.78, 5) is 39.2. The van der Waals surface area contributed by atoms with Gasteiger partial charge in [0, 0.05) is 80.8 Å². The molecule has 1 N–H and O–H groups in total. The highest BCUT2D eigenvalue weighted by atomic mass is 19.1. The maximum atomic E-state index is 13.4. The van der Waals surface area contributed by atoms with Gasteiger partial charge in [0.05, 0.1) is 5.69 Å². The number of anilines is 5. The van der Waals surface area contributed by atoms with E-state index in [-0.39, 0.29) is 23.2 Å². The van der Waals surface area contributed by atoms with E-state index in [9.17, 15) is 14.0 Å². The van der Waals surface area contributed by atoms with E-state index >= 15 is 0 Å². The van der Waals surface area contributed by atoms with Crippen LogP contribution in [0.5, 0.6) is 0 Å². The van der Waals surface area contributed by atoms with Gasteiger partial charge in [-0.1, -0.05) is 12.1 Å². The Morgan fingerprint density at radius 3 is 2.17 bits per heavy atom. The van der Waals surface area contributed by atoms with Crippen LogP contribution in [0.25, 0.3) is 11.3 Å². The minimum Gasteiger partial charge on any atom is -0.369 e. The van der Waals surface area contributed by atoms with E-state index in [0.717, 1.165) is 54.4 Å². The molecule has 42 heavy (non-hydrogen) atoms. The van der Waals surface area contributed by atoms with E-state index in [0.29, 0.717) is 24.5 Å². The van der Waals surface area contributed by atoms with Crippen LogP contribution in [0.2, 0.25) is 0 Å². The molecule has 10 heteroatoms. The van der Waals surface area contributed by atoms with E-state index in [1.54, 1.807) is 35.2 Å². The third kappa shape index (κ3) is 5.33. The van der Waals surface area contributed by atoms with E-state index in [4.69, 9.17) is 4.98 Å². The first-order chi connectivity index (χ1) is 20.3. The van der Waals surface area contributed by atoms with Crippen LogP contribution in [0.15, 0.2) is 77.7 Å². The fraction of sp³-hybridized carbons (Fsp3) is 0.281. The van der Waals surface area contributed by atoms with Crippen molar-refractivity contribution in [2.24, 2.45) is 7.05 Å². The number of likely N-dealkylation sites (N-methyl/N-ethyl adjacent to an activating group) is 1. The number of carbonyl (C=O) groups is 1.